The van der Waals surface area contributed by atoms with Gasteiger partial charge in [0, 0.05) is 18.5 Å². The maximum absolute atomic E-state index is 5.69. The van der Waals surface area contributed by atoms with E-state index in [0.29, 0.717) is 0 Å². The molecule has 10 heavy (non-hydrogen) atoms. The van der Waals surface area contributed by atoms with Crippen LogP contribution in [-0.2, 0) is 0 Å². The highest BCUT2D eigenvalue weighted by atomic mass is 127. The molecule has 0 saturated carbocycles. The van der Waals surface area contributed by atoms with E-state index in [-0.39, 0.29) is 0 Å². The Labute approximate surface area is 74.3 Å². The van der Waals surface area contributed by atoms with Crippen LogP contribution in [-0.4, -0.2) is 19.3 Å². The van der Waals surface area contributed by atoms with Gasteiger partial charge in [-0.1, -0.05) is 0 Å². The summed E-state index contributed by atoms with van der Waals surface area (Å²) in [6.07, 6.45) is 2.83. The van der Waals surface area contributed by atoms with Gasteiger partial charge in [-0.2, -0.15) is 0 Å². The first-order valence-corrected chi connectivity index (χ1v) is 4.13. The second-order valence-corrected chi connectivity index (χ2v) is 2.76. The molecular formula is C6H10IN3. The molecule has 0 spiro atoms. The number of nitrogens with two attached hydrogens (primary N) is 1. The molecule has 0 unspecified atom stereocenters. The Morgan fingerprint density at radius 3 is 3.10 bits per heavy atom. The minimum Gasteiger partial charge on any atom is -0.401 e. The minimum absolute atomic E-state index is 0.804. The first kappa shape index (κ1) is 8.00. The van der Waals surface area contributed by atoms with Crippen molar-refractivity contribution in [1.29, 1.82) is 0 Å². The molecule has 1 aliphatic heterocycles. The zero-order valence-corrected chi connectivity index (χ0v) is 7.76. The lowest BCUT2D eigenvalue weighted by Crippen LogP contribution is -2.29. The molecule has 0 aromatic heterocycles. The van der Waals surface area contributed by atoms with Crippen molar-refractivity contribution in [3.8, 4) is 0 Å². The fourth-order valence-electron chi connectivity index (χ4n) is 0.927. The zero-order valence-electron chi connectivity index (χ0n) is 5.60. The fourth-order valence-corrected chi connectivity index (χ4v) is 1.26. The number of hydrogen-bond acceptors (Lipinski definition) is 3. The molecule has 0 aromatic carbocycles. The largest absolute Gasteiger partial charge is 0.401 e. The topological polar surface area (TPSA) is 50.4 Å². The van der Waals surface area contributed by atoms with Crippen LogP contribution in [0.15, 0.2) is 14.5 Å². The average molecular weight is 251 g/mol. The van der Waals surface area contributed by atoms with Crippen LogP contribution in [0.4, 0.5) is 0 Å². The summed E-state index contributed by atoms with van der Waals surface area (Å²) in [7, 11) is 0. The maximum Gasteiger partial charge on any atom is 0.0831 e. The standard InChI is InChI=1S/C6H10IN3/c7-10-3-5-1-2-9-4-6(5)8/h3,9H,1-2,4,8H2. The highest BCUT2D eigenvalue weighted by Gasteiger charge is 2.05. The van der Waals surface area contributed by atoms with Gasteiger partial charge in [-0.15, -0.1) is 0 Å². The number of nitrogens with zero attached hydrogens (tertiary/aromatic N) is 1. The third-order valence-corrected chi connectivity index (χ3v) is 1.78. The molecule has 0 fully saturated rings. The summed E-state index contributed by atoms with van der Waals surface area (Å²) in [5, 5.41) is 3.18. The maximum atomic E-state index is 5.69. The summed E-state index contributed by atoms with van der Waals surface area (Å²) in [6.45, 7) is 1.82. The van der Waals surface area contributed by atoms with Crippen molar-refractivity contribution in [3.63, 3.8) is 0 Å². The van der Waals surface area contributed by atoms with E-state index in [2.05, 4.69) is 8.52 Å². The van der Waals surface area contributed by atoms with Crippen LogP contribution in [0.5, 0.6) is 0 Å². The number of halogens is 1. The van der Waals surface area contributed by atoms with Crippen LogP contribution in [0.3, 0.4) is 0 Å². The highest BCUT2D eigenvalue weighted by Crippen LogP contribution is 2.05. The molecule has 3 nitrogen and oxygen atoms in total. The lowest BCUT2D eigenvalue weighted by molar-refractivity contribution is 0.687. The van der Waals surface area contributed by atoms with Crippen LogP contribution in [0.25, 0.3) is 0 Å². The molecular weight excluding hydrogens is 241 g/mol. The Morgan fingerprint density at radius 1 is 1.70 bits per heavy atom. The molecule has 1 heterocycles. The summed E-state index contributed by atoms with van der Waals surface area (Å²) in [4.78, 5) is 0. The Kier molecular flexibility index (Phi) is 3.14. The third-order valence-electron chi connectivity index (χ3n) is 1.50. The molecule has 0 amide bonds. The smallest absolute Gasteiger partial charge is 0.0831 e. The predicted molar refractivity (Wildman–Crippen MR) is 51.2 cm³/mol. The van der Waals surface area contributed by atoms with Gasteiger partial charge in [0.15, 0.2) is 0 Å². The first-order valence-electron chi connectivity index (χ1n) is 3.17. The lowest BCUT2D eigenvalue weighted by Gasteiger charge is -2.14. The third kappa shape index (κ3) is 1.95. The summed E-state index contributed by atoms with van der Waals surface area (Å²) in [5.74, 6) is 0. The minimum atomic E-state index is 0.804. The van der Waals surface area contributed by atoms with Crippen molar-refractivity contribution in [2.24, 2.45) is 8.94 Å². The van der Waals surface area contributed by atoms with Crippen molar-refractivity contribution in [2.45, 2.75) is 6.42 Å². The van der Waals surface area contributed by atoms with Gasteiger partial charge in [0.25, 0.3) is 0 Å². The first-order chi connectivity index (χ1) is 4.84. The molecule has 0 radical (unpaired) electrons. The van der Waals surface area contributed by atoms with Gasteiger partial charge < -0.3 is 11.1 Å². The molecule has 56 valence electrons. The van der Waals surface area contributed by atoms with Gasteiger partial charge in [-0.3, -0.25) is 0 Å². The molecule has 0 bridgehead atoms. The van der Waals surface area contributed by atoms with E-state index >= 15 is 0 Å². The van der Waals surface area contributed by atoms with Gasteiger partial charge >= 0.3 is 0 Å². The molecule has 0 saturated heterocycles. The molecule has 1 rings (SSSR count). The van der Waals surface area contributed by atoms with E-state index in [4.69, 9.17) is 5.73 Å². The van der Waals surface area contributed by atoms with Crippen LogP contribution in [0.1, 0.15) is 6.42 Å². The van der Waals surface area contributed by atoms with Gasteiger partial charge in [0.05, 0.1) is 22.9 Å². The van der Waals surface area contributed by atoms with Crippen LogP contribution >= 0.6 is 22.9 Å². The molecule has 0 aliphatic carbocycles. The second-order valence-electron chi connectivity index (χ2n) is 2.20. The van der Waals surface area contributed by atoms with Crippen molar-refractivity contribution in [3.05, 3.63) is 11.3 Å². The van der Waals surface area contributed by atoms with Gasteiger partial charge in [0.1, 0.15) is 0 Å². The predicted octanol–water partition coefficient (Wildman–Crippen LogP) is 0.613. The van der Waals surface area contributed by atoms with Crippen molar-refractivity contribution < 1.29 is 0 Å². The zero-order chi connectivity index (χ0) is 7.40. The van der Waals surface area contributed by atoms with Gasteiger partial charge in [0.2, 0.25) is 0 Å². The Hall–Kier alpha value is -0.100. The van der Waals surface area contributed by atoms with Gasteiger partial charge in [-0.25, -0.2) is 3.21 Å². The van der Waals surface area contributed by atoms with Crippen molar-refractivity contribution in [1.82, 2.24) is 5.32 Å². The SMILES string of the molecule is NC1=C(C=NI)CCNC1. The number of nitrogens with one attached hydrogen (secondary N) is 1. The van der Waals surface area contributed by atoms with Crippen LogP contribution in [0.2, 0.25) is 0 Å². The quantitative estimate of drug-likeness (QED) is 0.530. The molecule has 0 aromatic rings. The van der Waals surface area contributed by atoms with Crippen LogP contribution < -0.4 is 11.1 Å². The van der Waals surface area contributed by atoms with E-state index < -0.39 is 0 Å². The Morgan fingerprint density at radius 2 is 2.50 bits per heavy atom. The molecule has 4 heteroatoms. The molecule has 0 atom stereocenters. The average Bonchev–Trinajstić information content (AvgIpc) is 1.94. The van der Waals surface area contributed by atoms with E-state index in [1.807, 2.05) is 29.1 Å². The summed E-state index contributed by atoms with van der Waals surface area (Å²) in [6, 6.07) is 0. The monoisotopic (exact) mass is 251 g/mol. The molecule has 3 N–H and O–H groups in total. The summed E-state index contributed by atoms with van der Waals surface area (Å²) < 4.78 is 3.89. The van der Waals surface area contributed by atoms with Crippen LogP contribution in [0, 0.1) is 0 Å². The van der Waals surface area contributed by atoms with Crippen molar-refractivity contribution in [2.75, 3.05) is 13.1 Å². The highest BCUT2D eigenvalue weighted by molar-refractivity contribution is 14.1. The lowest BCUT2D eigenvalue weighted by atomic mass is 10.1. The normalized spacial score (nSPS) is 20.5. The summed E-state index contributed by atoms with van der Waals surface area (Å²) >= 11 is 1.96. The number of rotatable bonds is 1. The molecule has 1 aliphatic rings. The van der Waals surface area contributed by atoms with E-state index in [1.54, 1.807) is 0 Å². The second kappa shape index (κ2) is 3.92. The Balaban J connectivity index is 2.68. The van der Waals surface area contributed by atoms with E-state index in [9.17, 15) is 0 Å². The van der Waals surface area contributed by atoms with Crippen molar-refractivity contribution >= 4 is 29.1 Å². The number of hydrogen-bond donors (Lipinski definition) is 2. The van der Waals surface area contributed by atoms with E-state index in [1.165, 1.54) is 5.57 Å². The Bertz CT molecular complexity index is 174. The van der Waals surface area contributed by atoms with E-state index in [0.717, 1.165) is 25.2 Å². The van der Waals surface area contributed by atoms with Gasteiger partial charge in [-0.05, 0) is 18.5 Å². The summed E-state index contributed by atoms with van der Waals surface area (Å²) in [5.41, 5.74) is 7.78. The fraction of sp³-hybridized carbons (Fsp3) is 0.500.